The lowest BCUT2D eigenvalue weighted by atomic mass is 9.84. The zero-order chi connectivity index (χ0) is 13.9. The number of likely N-dealkylation sites (tertiary alicyclic amines) is 1. The molecular formula is C16H25NO2. The van der Waals surface area contributed by atoms with Crippen LogP contribution in [-0.2, 0) is 6.42 Å². The molecule has 1 saturated heterocycles. The van der Waals surface area contributed by atoms with Crippen LogP contribution in [0.2, 0.25) is 0 Å². The molecule has 1 aromatic rings. The number of methoxy groups -OCH3 is 1. The molecule has 0 bridgehead atoms. The van der Waals surface area contributed by atoms with Crippen LogP contribution in [0.5, 0.6) is 5.75 Å². The van der Waals surface area contributed by atoms with Gasteiger partial charge in [-0.25, -0.2) is 0 Å². The highest BCUT2D eigenvalue weighted by atomic mass is 16.5. The van der Waals surface area contributed by atoms with Gasteiger partial charge >= 0.3 is 0 Å². The largest absolute Gasteiger partial charge is 0.496 e. The van der Waals surface area contributed by atoms with Crippen LogP contribution in [0.25, 0.3) is 0 Å². The van der Waals surface area contributed by atoms with Gasteiger partial charge < -0.3 is 14.7 Å². The number of piperidine rings is 1. The Balaban J connectivity index is 2.03. The van der Waals surface area contributed by atoms with Gasteiger partial charge in [0, 0.05) is 25.6 Å². The number of nitrogens with zero attached hydrogens (tertiary/aromatic N) is 1. The number of hydrogen-bond acceptors (Lipinski definition) is 3. The fourth-order valence-electron chi connectivity index (χ4n) is 2.84. The van der Waals surface area contributed by atoms with Crippen molar-refractivity contribution < 1.29 is 9.84 Å². The summed E-state index contributed by atoms with van der Waals surface area (Å²) in [4.78, 5) is 2.43. The summed E-state index contributed by atoms with van der Waals surface area (Å²) in [5.74, 6) is 0.877. The maximum absolute atomic E-state index is 10.8. The second-order valence-corrected chi connectivity index (χ2v) is 5.84. The molecule has 0 radical (unpaired) electrons. The monoisotopic (exact) mass is 263 g/mol. The molecule has 3 heteroatoms. The Labute approximate surface area is 116 Å². The average molecular weight is 263 g/mol. The van der Waals surface area contributed by atoms with Crippen LogP contribution in [0.4, 0.5) is 0 Å². The topological polar surface area (TPSA) is 32.7 Å². The van der Waals surface area contributed by atoms with E-state index in [2.05, 4.69) is 18.7 Å². The van der Waals surface area contributed by atoms with Crippen molar-refractivity contribution in [3.8, 4) is 5.75 Å². The van der Waals surface area contributed by atoms with Crippen LogP contribution >= 0.6 is 0 Å². The predicted molar refractivity (Wildman–Crippen MR) is 77.6 cm³/mol. The number of para-hydroxylation sites is 1. The van der Waals surface area contributed by atoms with E-state index < -0.39 is 5.60 Å². The lowest BCUT2D eigenvalue weighted by molar-refractivity contribution is -0.0274. The molecule has 3 nitrogen and oxygen atoms in total. The minimum atomic E-state index is -0.583. The molecule has 1 fully saturated rings. The molecule has 1 N–H and O–H groups in total. The average Bonchev–Trinajstić information content (AvgIpc) is 2.39. The van der Waals surface area contributed by atoms with Crippen molar-refractivity contribution in [2.75, 3.05) is 20.2 Å². The fourth-order valence-corrected chi connectivity index (χ4v) is 2.84. The van der Waals surface area contributed by atoms with Crippen molar-refractivity contribution in [3.05, 3.63) is 29.8 Å². The van der Waals surface area contributed by atoms with Gasteiger partial charge in [0.2, 0.25) is 0 Å². The summed E-state index contributed by atoms with van der Waals surface area (Å²) in [6.07, 6.45) is 2.36. The van der Waals surface area contributed by atoms with E-state index >= 15 is 0 Å². The van der Waals surface area contributed by atoms with Crippen molar-refractivity contribution in [1.29, 1.82) is 0 Å². The Morgan fingerprint density at radius 3 is 2.47 bits per heavy atom. The van der Waals surface area contributed by atoms with Crippen LogP contribution in [0.3, 0.4) is 0 Å². The van der Waals surface area contributed by atoms with E-state index in [0.717, 1.165) is 37.2 Å². The predicted octanol–water partition coefficient (Wildman–Crippen LogP) is 2.47. The molecule has 1 aliphatic rings. The maximum Gasteiger partial charge on any atom is 0.122 e. The quantitative estimate of drug-likeness (QED) is 0.906. The number of ether oxygens (including phenoxy) is 1. The van der Waals surface area contributed by atoms with E-state index in [0.29, 0.717) is 12.5 Å². The number of benzene rings is 1. The Bertz CT molecular complexity index is 409. The maximum atomic E-state index is 10.8. The first-order chi connectivity index (χ1) is 9.04. The van der Waals surface area contributed by atoms with Gasteiger partial charge in [-0.3, -0.25) is 0 Å². The van der Waals surface area contributed by atoms with E-state index in [-0.39, 0.29) is 0 Å². The second-order valence-electron chi connectivity index (χ2n) is 5.84. The van der Waals surface area contributed by atoms with Crippen LogP contribution < -0.4 is 4.74 Å². The third-order valence-corrected chi connectivity index (χ3v) is 4.17. The van der Waals surface area contributed by atoms with E-state index in [9.17, 15) is 5.11 Å². The molecule has 1 aromatic carbocycles. The Hall–Kier alpha value is -1.06. The first-order valence-corrected chi connectivity index (χ1v) is 7.12. The lowest BCUT2D eigenvalue weighted by Crippen LogP contribution is -2.47. The molecule has 0 aliphatic carbocycles. The summed E-state index contributed by atoms with van der Waals surface area (Å²) < 4.78 is 5.37. The molecule has 0 aromatic heterocycles. The van der Waals surface area contributed by atoms with Crippen LogP contribution in [0.15, 0.2) is 24.3 Å². The minimum absolute atomic E-state index is 0.566. The van der Waals surface area contributed by atoms with Crippen LogP contribution in [-0.4, -0.2) is 41.8 Å². The summed E-state index contributed by atoms with van der Waals surface area (Å²) in [7, 11) is 1.68. The number of aliphatic hydroxyl groups is 1. The van der Waals surface area contributed by atoms with Gasteiger partial charge in [0.1, 0.15) is 5.75 Å². The molecule has 1 heterocycles. The van der Waals surface area contributed by atoms with Crippen LogP contribution in [0.1, 0.15) is 32.3 Å². The van der Waals surface area contributed by atoms with Crippen molar-refractivity contribution >= 4 is 0 Å². The van der Waals surface area contributed by atoms with Crippen molar-refractivity contribution in [2.24, 2.45) is 0 Å². The molecule has 2 rings (SSSR count). The van der Waals surface area contributed by atoms with Crippen molar-refractivity contribution in [3.63, 3.8) is 0 Å². The normalized spacial score (nSPS) is 19.6. The molecule has 0 atom stereocenters. The standard InChI is InChI=1S/C16H25NO2/c1-13(2)17-10-8-16(18,9-11-17)12-14-6-4-5-7-15(14)19-3/h4-7,13,18H,8-12H2,1-3H3. The van der Waals surface area contributed by atoms with Gasteiger partial charge in [-0.05, 0) is 38.3 Å². The SMILES string of the molecule is COc1ccccc1CC1(O)CCN(C(C)C)CC1. The zero-order valence-corrected chi connectivity index (χ0v) is 12.2. The minimum Gasteiger partial charge on any atom is -0.496 e. The Morgan fingerprint density at radius 1 is 1.26 bits per heavy atom. The Morgan fingerprint density at radius 2 is 1.89 bits per heavy atom. The Kier molecular flexibility index (Phi) is 4.48. The third-order valence-electron chi connectivity index (χ3n) is 4.17. The van der Waals surface area contributed by atoms with Gasteiger partial charge in [-0.15, -0.1) is 0 Å². The highest BCUT2D eigenvalue weighted by molar-refractivity contribution is 5.34. The first-order valence-electron chi connectivity index (χ1n) is 7.12. The second kappa shape index (κ2) is 5.93. The van der Waals surface area contributed by atoms with Gasteiger partial charge in [0.05, 0.1) is 12.7 Å². The van der Waals surface area contributed by atoms with Crippen LogP contribution in [0, 0.1) is 0 Å². The summed E-state index contributed by atoms with van der Waals surface area (Å²) in [5, 5.41) is 10.8. The highest BCUT2D eigenvalue weighted by Crippen LogP contribution is 2.30. The summed E-state index contributed by atoms with van der Waals surface area (Å²) in [6, 6.07) is 8.54. The zero-order valence-electron chi connectivity index (χ0n) is 12.2. The summed E-state index contributed by atoms with van der Waals surface area (Å²) >= 11 is 0. The molecule has 1 aliphatic heterocycles. The van der Waals surface area contributed by atoms with E-state index in [1.54, 1.807) is 7.11 Å². The van der Waals surface area contributed by atoms with E-state index in [1.165, 1.54) is 0 Å². The smallest absolute Gasteiger partial charge is 0.122 e. The highest BCUT2D eigenvalue weighted by Gasteiger charge is 2.33. The molecule has 0 amide bonds. The van der Waals surface area contributed by atoms with Crippen molar-refractivity contribution in [1.82, 2.24) is 4.90 Å². The molecule has 0 spiro atoms. The van der Waals surface area contributed by atoms with Gasteiger partial charge in [0.15, 0.2) is 0 Å². The summed E-state index contributed by atoms with van der Waals surface area (Å²) in [5.41, 5.74) is 0.519. The van der Waals surface area contributed by atoms with Crippen molar-refractivity contribution in [2.45, 2.75) is 44.8 Å². The lowest BCUT2D eigenvalue weighted by Gasteiger charge is -2.40. The van der Waals surface area contributed by atoms with E-state index in [4.69, 9.17) is 4.74 Å². The first kappa shape index (κ1) is 14.4. The third kappa shape index (κ3) is 3.48. The molecule has 0 unspecified atom stereocenters. The number of rotatable bonds is 4. The molecule has 106 valence electrons. The van der Waals surface area contributed by atoms with Gasteiger partial charge in [-0.1, -0.05) is 18.2 Å². The molecular weight excluding hydrogens is 238 g/mol. The number of hydrogen-bond donors (Lipinski definition) is 1. The van der Waals surface area contributed by atoms with E-state index in [1.807, 2.05) is 24.3 Å². The van der Waals surface area contributed by atoms with Gasteiger partial charge in [-0.2, -0.15) is 0 Å². The summed E-state index contributed by atoms with van der Waals surface area (Å²) in [6.45, 7) is 6.38. The molecule has 0 saturated carbocycles. The fraction of sp³-hybridized carbons (Fsp3) is 0.625. The van der Waals surface area contributed by atoms with Gasteiger partial charge in [0.25, 0.3) is 0 Å². The molecule has 19 heavy (non-hydrogen) atoms.